The van der Waals surface area contributed by atoms with Crippen molar-refractivity contribution in [3.63, 3.8) is 0 Å². The highest BCUT2D eigenvalue weighted by Crippen LogP contribution is 2.32. The number of aliphatic carboxylic acids is 1. The smallest absolute Gasteiger partial charge is 0.307 e. The van der Waals surface area contributed by atoms with Gasteiger partial charge < -0.3 is 10.8 Å². The molecule has 3 N–H and O–H groups in total. The van der Waals surface area contributed by atoms with Crippen LogP contribution in [0, 0.1) is 11.8 Å². The summed E-state index contributed by atoms with van der Waals surface area (Å²) in [6, 6.07) is 3.42. The second-order valence-electron chi connectivity index (χ2n) is 5.18. The van der Waals surface area contributed by atoms with Crippen LogP contribution in [-0.2, 0) is 11.2 Å². The quantitative estimate of drug-likeness (QED) is 0.669. The number of rotatable bonds is 8. The molecule has 1 aromatic carbocycles. The summed E-state index contributed by atoms with van der Waals surface area (Å²) in [5, 5.41) is 10.6. The van der Waals surface area contributed by atoms with Crippen molar-refractivity contribution in [3.05, 3.63) is 32.8 Å². The Morgan fingerprint density at radius 3 is 2.52 bits per heavy atom. The topological polar surface area (TPSA) is 63.3 Å². The van der Waals surface area contributed by atoms with Crippen molar-refractivity contribution in [3.8, 4) is 0 Å². The first-order valence-corrected chi connectivity index (χ1v) is 8.08. The van der Waals surface area contributed by atoms with Crippen LogP contribution < -0.4 is 5.73 Å². The summed E-state index contributed by atoms with van der Waals surface area (Å²) in [7, 11) is 0. The molecule has 0 aromatic heterocycles. The average molecular weight is 353 g/mol. The highest BCUT2D eigenvalue weighted by Gasteiger charge is 2.20. The molecule has 3 nitrogen and oxygen atoms in total. The van der Waals surface area contributed by atoms with Crippen molar-refractivity contribution < 1.29 is 9.90 Å². The molecule has 0 saturated carbocycles. The lowest BCUT2D eigenvalue weighted by molar-refractivity contribution is -0.142. The number of hydrogen-bond donors (Lipinski definition) is 2. The number of benzene rings is 1. The number of hydrogen-bond acceptors (Lipinski definition) is 2. The molecule has 2 unspecified atom stereocenters. The van der Waals surface area contributed by atoms with Gasteiger partial charge >= 0.3 is 5.97 Å². The fourth-order valence-electron chi connectivity index (χ4n) is 2.34. The van der Waals surface area contributed by atoms with Crippen LogP contribution in [0.3, 0.4) is 0 Å². The van der Waals surface area contributed by atoms with Crippen LogP contribution in [0.4, 0.5) is 0 Å². The molecule has 0 radical (unpaired) electrons. The van der Waals surface area contributed by atoms with Gasteiger partial charge in [-0.25, -0.2) is 0 Å². The number of carbonyl (C=O) groups is 1. The zero-order valence-corrected chi connectivity index (χ0v) is 14.2. The number of halogens is 3. The molecule has 1 rings (SSSR count). The predicted molar refractivity (Wildman–Crippen MR) is 88.4 cm³/mol. The third-order valence-corrected chi connectivity index (χ3v) is 4.78. The van der Waals surface area contributed by atoms with Gasteiger partial charge in [0, 0.05) is 11.6 Å². The summed E-state index contributed by atoms with van der Waals surface area (Å²) < 4.78 is 0. The molecule has 21 heavy (non-hydrogen) atoms. The van der Waals surface area contributed by atoms with Gasteiger partial charge in [-0.1, -0.05) is 48.1 Å². The van der Waals surface area contributed by atoms with Gasteiger partial charge in [0.05, 0.1) is 16.0 Å². The van der Waals surface area contributed by atoms with Gasteiger partial charge in [-0.15, -0.1) is 0 Å². The SMILES string of the molecule is CCC(CCc1cc(Cl)cc(Cl)c1Cl)CC(CN)C(=O)O. The lowest BCUT2D eigenvalue weighted by atomic mass is 9.88. The van der Waals surface area contributed by atoms with Crippen LogP contribution in [0.15, 0.2) is 12.1 Å². The lowest BCUT2D eigenvalue weighted by Crippen LogP contribution is -2.26. The Bertz CT molecular complexity index is 494. The molecule has 118 valence electrons. The molecular weight excluding hydrogens is 333 g/mol. The lowest BCUT2D eigenvalue weighted by Gasteiger charge is -2.19. The van der Waals surface area contributed by atoms with E-state index >= 15 is 0 Å². The Morgan fingerprint density at radius 2 is 2.00 bits per heavy atom. The molecule has 0 fully saturated rings. The molecule has 0 aliphatic heterocycles. The Labute approximate surface area is 140 Å². The Kier molecular flexibility index (Phi) is 7.82. The first kappa shape index (κ1) is 18.6. The summed E-state index contributed by atoms with van der Waals surface area (Å²) in [6.45, 7) is 2.21. The number of carboxylic acids is 1. The van der Waals surface area contributed by atoms with Gasteiger partial charge in [-0.3, -0.25) is 4.79 Å². The zero-order valence-electron chi connectivity index (χ0n) is 11.9. The molecule has 2 atom stereocenters. The van der Waals surface area contributed by atoms with Crippen molar-refractivity contribution in [1.29, 1.82) is 0 Å². The van der Waals surface area contributed by atoms with Gasteiger partial charge in [0.15, 0.2) is 0 Å². The summed E-state index contributed by atoms with van der Waals surface area (Å²) in [6.07, 6.45) is 3.02. The minimum Gasteiger partial charge on any atom is -0.481 e. The predicted octanol–water partition coefficient (Wildman–Crippen LogP) is 4.66. The fraction of sp³-hybridized carbons (Fsp3) is 0.533. The number of aryl methyl sites for hydroxylation is 1. The monoisotopic (exact) mass is 351 g/mol. The van der Waals surface area contributed by atoms with E-state index < -0.39 is 11.9 Å². The van der Waals surface area contributed by atoms with Gasteiger partial charge in [-0.2, -0.15) is 0 Å². The minimum absolute atomic E-state index is 0.162. The normalized spacial score (nSPS) is 14.0. The van der Waals surface area contributed by atoms with Crippen LogP contribution in [0.25, 0.3) is 0 Å². The van der Waals surface area contributed by atoms with Crippen LogP contribution in [0.1, 0.15) is 31.7 Å². The van der Waals surface area contributed by atoms with E-state index in [0.29, 0.717) is 27.9 Å². The van der Waals surface area contributed by atoms with Crippen LogP contribution >= 0.6 is 34.8 Å². The van der Waals surface area contributed by atoms with E-state index in [2.05, 4.69) is 0 Å². The minimum atomic E-state index is -0.834. The maximum Gasteiger partial charge on any atom is 0.307 e. The van der Waals surface area contributed by atoms with Gasteiger partial charge in [0.25, 0.3) is 0 Å². The molecule has 0 aliphatic carbocycles. The number of nitrogens with two attached hydrogens (primary N) is 1. The Balaban J connectivity index is 2.69. The molecule has 0 spiro atoms. The summed E-state index contributed by atoms with van der Waals surface area (Å²) in [5.74, 6) is -1.04. The maximum absolute atomic E-state index is 11.1. The van der Waals surface area contributed by atoms with Crippen molar-refractivity contribution in [2.24, 2.45) is 17.6 Å². The zero-order chi connectivity index (χ0) is 16.0. The number of carboxylic acid groups (broad SMARTS) is 1. The molecule has 0 heterocycles. The van der Waals surface area contributed by atoms with Crippen molar-refractivity contribution in [1.82, 2.24) is 0 Å². The van der Waals surface area contributed by atoms with Gasteiger partial charge in [0.1, 0.15) is 0 Å². The van der Waals surface area contributed by atoms with Crippen molar-refractivity contribution in [2.75, 3.05) is 6.54 Å². The van der Waals surface area contributed by atoms with E-state index in [4.69, 9.17) is 45.6 Å². The first-order chi connectivity index (χ1) is 9.88. The van der Waals surface area contributed by atoms with Crippen LogP contribution in [0.2, 0.25) is 15.1 Å². The summed E-state index contributed by atoms with van der Waals surface area (Å²) in [5.41, 5.74) is 6.41. The second-order valence-corrected chi connectivity index (χ2v) is 6.40. The van der Waals surface area contributed by atoms with Crippen LogP contribution in [0.5, 0.6) is 0 Å². The summed E-state index contributed by atoms with van der Waals surface area (Å²) >= 11 is 18.2. The maximum atomic E-state index is 11.1. The van der Waals surface area contributed by atoms with Gasteiger partial charge in [0.2, 0.25) is 0 Å². The molecular formula is C15H20Cl3NO2. The standard InChI is InChI=1S/C15H20Cl3NO2/c1-2-9(5-11(8-19)15(20)21)3-4-10-6-12(16)7-13(17)14(10)18/h6-7,9,11H,2-5,8,19H2,1H3,(H,20,21). The fourth-order valence-corrected chi connectivity index (χ4v) is 3.08. The average Bonchev–Trinajstić information content (AvgIpc) is 2.43. The Morgan fingerprint density at radius 1 is 1.33 bits per heavy atom. The molecule has 6 heteroatoms. The molecule has 1 aromatic rings. The van der Waals surface area contributed by atoms with E-state index in [1.54, 1.807) is 12.1 Å². The molecule has 0 bridgehead atoms. The molecule has 0 amide bonds. The highest BCUT2D eigenvalue weighted by molar-refractivity contribution is 6.43. The third-order valence-electron chi connectivity index (χ3n) is 3.72. The van der Waals surface area contributed by atoms with E-state index in [1.165, 1.54) is 0 Å². The van der Waals surface area contributed by atoms with E-state index in [9.17, 15) is 4.79 Å². The second kappa shape index (κ2) is 8.84. The van der Waals surface area contributed by atoms with Crippen molar-refractivity contribution in [2.45, 2.75) is 32.6 Å². The Hall–Kier alpha value is -0.480. The van der Waals surface area contributed by atoms with E-state index in [1.807, 2.05) is 6.92 Å². The first-order valence-electron chi connectivity index (χ1n) is 6.95. The third kappa shape index (κ3) is 5.67. The summed E-state index contributed by atoms with van der Waals surface area (Å²) in [4.78, 5) is 11.1. The van der Waals surface area contributed by atoms with Crippen LogP contribution in [-0.4, -0.2) is 17.6 Å². The highest BCUT2D eigenvalue weighted by atomic mass is 35.5. The van der Waals surface area contributed by atoms with Gasteiger partial charge in [-0.05, 0) is 42.9 Å². The van der Waals surface area contributed by atoms with E-state index in [-0.39, 0.29) is 12.5 Å². The molecule has 0 saturated heterocycles. The van der Waals surface area contributed by atoms with E-state index in [0.717, 1.165) is 18.4 Å². The van der Waals surface area contributed by atoms with Crippen molar-refractivity contribution >= 4 is 40.8 Å². The largest absolute Gasteiger partial charge is 0.481 e. The molecule has 0 aliphatic rings.